The van der Waals surface area contributed by atoms with Crippen molar-refractivity contribution in [1.82, 2.24) is 14.7 Å². The van der Waals surface area contributed by atoms with Crippen molar-refractivity contribution in [1.29, 1.82) is 0 Å². The zero-order valence-corrected chi connectivity index (χ0v) is 15.2. The highest BCUT2D eigenvalue weighted by molar-refractivity contribution is 4.98. The molecule has 3 heterocycles. The van der Waals surface area contributed by atoms with Crippen LogP contribution in [0.5, 0.6) is 0 Å². The molecule has 3 rings (SSSR count). The third-order valence-electron chi connectivity index (χ3n) is 6.33. The Morgan fingerprint density at radius 3 is 2.09 bits per heavy atom. The van der Waals surface area contributed by atoms with E-state index in [1.54, 1.807) is 0 Å². The van der Waals surface area contributed by atoms with Crippen LogP contribution in [0.3, 0.4) is 0 Å². The predicted octanol–water partition coefficient (Wildman–Crippen LogP) is 2.77. The van der Waals surface area contributed by atoms with E-state index in [2.05, 4.69) is 35.5 Å². The summed E-state index contributed by atoms with van der Waals surface area (Å²) >= 11 is 0. The molecule has 0 aliphatic carbocycles. The molecule has 0 aromatic rings. The summed E-state index contributed by atoms with van der Waals surface area (Å²) in [5.74, 6) is 1.78. The molecule has 3 heteroatoms. The van der Waals surface area contributed by atoms with Crippen molar-refractivity contribution in [3.05, 3.63) is 0 Å². The Bertz CT molecular complexity index is 331. The van der Waals surface area contributed by atoms with Crippen LogP contribution in [0.25, 0.3) is 0 Å². The van der Waals surface area contributed by atoms with E-state index in [0.717, 1.165) is 11.8 Å². The van der Waals surface area contributed by atoms with Gasteiger partial charge in [-0.15, -0.1) is 0 Å². The van der Waals surface area contributed by atoms with Gasteiger partial charge in [0, 0.05) is 26.2 Å². The van der Waals surface area contributed by atoms with E-state index in [1.807, 2.05) is 0 Å². The van der Waals surface area contributed by atoms with Crippen molar-refractivity contribution < 1.29 is 0 Å². The van der Waals surface area contributed by atoms with E-state index in [-0.39, 0.29) is 0 Å². The van der Waals surface area contributed by atoms with Gasteiger partial charge in [-0.1, -0.05) is 20.8 Å². The van der Waals surface area contributed by atoms with Crippen molar-refractivity contribution in [2.45, 2.75) is 46.5 Å². The van der Waals surface area contributed by atoms with E-state index >= 15 is 0 Å². The molecule has 0 unspecified atom stereocenters. The Balaban J connectivity index is 1.34. The summed E-state index contributed by atoms with van der Waals surface area (Å²) in [7, 11) is 0. The lowest BCUT2D eigenvalue weighted by atomic mass is 9.72. The normalized spacial score (nSPS) is 28.4. The molecule has 0 aromatic carbocycles. The summed E-state index contributed by atoms with van der Waals surface area (Å²) in [5, 5.41) is 0. The quantitative estimate of drug-likeness (QED) is 0.773. The third kappa shape index (κ3) is 4.04. The maximum atomic E-state index is 2.78. The lowest BCUT2D eigenvalue weighted by molar-refractivity contribution is -0.0468. The van der Waals surface area contributed by atoms with E-state index in [1.165, 1.54) is 84.6 Å². The van der Waals surface area contributed by atoms with Crippen molar-refractivity contribution in [2.75, 3.05) is 58.9 Å². The maximum Gasteiger partial charge on any atom is 0.00513 e. The number of likely N-dealkylation sites (tertiary alicyclic amines) is 3. The molecule has 3 aliphatic heterocycles. The first-order valence-corrected chi connectivity index (χ1v) is 9.76. The fraction of sp³-hybridized carbons (Fsp3) is 1.00. The van der Waals surface area contributed by atoms with Gasteiger partial charge in [0.05, 0.1) is 0 Å². The summed E-state index contributed by atoms with van der Waals surface area (Å²) in [6.45, 7) is 19.1. The highest BCUT2D eigenvalue weighted by atomic mass is 15.2. The molecule has 3 nitrogen and oxygen atoms in total. The van der Waals surface area contributed by atoms with Crippen LogP contribution in [0.2, 0.25) is 0 Å². The fourth-order valence-electron chi connectivity index (χ4n) is 4.89. The number of rotatable bonds is 5. The van der Waals surface area contributed by atoms with Gasteiger partial charge in [-0.05, 0) is 75.7 Å². The molecule has 3 aliphatic rings. The Morgan fingerprint density at radius 2 is 1.55 bits per heavy atom. The number of hydrogen-bond acceptors (Lipinski definition) is 3. The van der Waals surface area contributed by atoms with Crippen LogP contribution in [0, 0.1) is 17.3 Å². The average Bonchev–Trinajstić information content (AvgIpc) is 2.47. The van der Waals surface area contributed by atoms with Crippen LogP contribution in [-0.2, 0) is 0 Å². The Labute approximate surface area is 138 Å². The number of hydrogen-bond donors (Lipinski definition) is 0. The van der Waals surface area contributed by atoms with Gasteiger partial charge in [0.15, 0.2) is 0 Å². The van der Waals surface area contributed by atoms with Gasteiger partial charge in [-0.2, -0.15) is 0 Å². The molecule has 0 atom stereocenters. The monoisotopic (exact) mass is 307 g/mol. The molecule has 0 amide bonds. The number of nitrogens with zero attached hydrogens (tertiary/aromatic N) is 3. The summed E-state index contributed by atoms with van der Waals surface area (Å²) in [5.41, 5.74) is 0.715. The second-order valence-corrected chi connectivity index (χ2v) is 8.74. The molecule has 0 radical (unpaired) electrons. The van der Waals surface area contributed by atoms with Crippen molar-refractivity contribution in [3.8, 4) is 0 Å². The van der Waals surface area contributed by atoms with E-state index < -0.39 is 0 Å². The summed E-state index contributed by atoms with van der Waals surface area (Å²) in [4.78, 5) is 8.07. The fourth-order valence-corrected chi connectivity index (χ4v) is 4.89. The minimum atomic E-state index is 0.715. The molecule has 0 N–H and O–H groups in total. The van der Waals surface area contributed by atoms with Gasteiger partial charge in [0.2, 0.25) is 0 Å². The van der Waals surface area contributed by atoms with E-state index in [0.29, 0.717) is 5.41 Å². The summed E-state index contributed by atoms with van der Waals surface area (Å²) in [6.07, 6.45) is 5.77. The minimum absolute atomic E-state index is 0.715. The SMILES string of the molecule is CCN1CC2(CCN(CC3CCN(CC(C)C)CC3)CC2)C1. The van der Waals surface area contributed by atoms with Crippen LogP contribution in [0.15, 0.2) is 0 Å². The van der Waals surface area contributed by atoms with Crippen LogP contribution >= 0.6 is 0 Å². The first-order valence-electron chi connectivity index (χ1n) is 9.76. The van der Waals surface area contributed by atoms with Gasteiger partial charge >= 0.3 is 0 Å². The molecule has 0 aromatic heterocycles. The zero-order chi connectivity index (χ0) is 15.6. The van der Waals surface area contributed by atoms with E-state index in [9.17, 15) is 0 Å². The standard InChI is InChI=1S/C19H37N3/c1-4-20-15-19(16-20)7-11-22(12-8-19)14-18-5-9-21(10-6-18)13-17(2)3/h17-18H,4-16H2,1-3H3. The first-order chi connectivity index (χ1) is 10.6. The maximum absolute atomic E-state index is 2.78. The van der Waals surface area contributed by atoms with Crippen LogP contribution in [0.4, 0.5) is 0 Å². The molecular formula is C19H37N3. The van der Waals surface area contributed by atoms with Gasteiger partial charge in [0.1, 0.15) is 0 Å². The highest BCUT2D eigenvalue weighted by Crippen LogP contribution is 2.40. The first kappa shape index (κ1) is 16.7. The van der Waals surface area contributed by atoms with Gasteiger partial charge in [0.25, 0.3) is 0 Å². The van der Waals surface area contributed by atoms with Crippen LogP contribution in [0.1, 0.15) is 46.5 Å². The molecule has 1 spiro atoms. The minimum Gasteiger partial charge on any atom is -0.303 e. The van der Waals surface area contributed by atoms with Crippen molar-refractivity contribution >= 4 is 0 Å². The molecule has 3 fully saturated rings. The van der Waals surface area contributed by atoms with Gasteiger partial charge in [-0.25, -0.2) is 0 Å². The van der Waals surface area contributed by atoms with Crippen LogP contribution < -0.4 is 0 Å². The Hall–Kier alpha value is -0.120. The lowest BCUT2D eigenvalue weighted by Gasteiger charge is -2.54. The average molecular weight is 308 g/mol. The largest absolute Gasteiger partial charge is 0.303 e. The molecule has 22 heavy (non-hydrogen) atoms. The molecule has 128 valence electrons. The summed E-state index contributed by atoms with van der Waals surface area (Å²) < 4.78 is 0. The van der Waals surface area contributed by atoms with Crippen LogP contribution in [-0.4, -0.2) is 73.6 Å². The Kier molecular flexibility index (Phi) is 5.47. The van der Waals surface area contributed by atoms with E-state index in [4.69, 9.17) is 0 Å². The topological polar surface area (TPSA) is 9.72 Å². The molecule has 3 saturated heterocycles. The lowest BCUT2D eigenvalue weighted by Crippen LogP contribution is -2.60. The Morgan fingerprint density at radius 1 is 0.909 bits per heavy atom. The second kappa shape index (κ2) is 7.19. The smallest absolute Gasteiger partial charge is 0.00513 e. The molecular weight excluding hydrogens is 270 g/mol. The van der Waals surface area contributed by atoms with Crippen molar-refractivity contribution in [3.63, 3.8) is 0 Å². The van der Waals surface area contributed by atoms with Gasteiger partial charge < -0.3 is 14.7 Å². The number of piperidine rings is 2. The predicted molar refractivity (Wildman–Crippen MR) is 94.2 cm³/mol. The van der Waals surface area contributed by atoms with Gasteiger partial charge in [-0.3, -0.25) is 0 Å². The third-order valence-corrected chi connectivity index (χ3v) is 6.33. The highest BCUT2D eigenvalue weighted by Gasteiger charge is 2.44. The molecule has 0 bridgehead atoms. The summed E-state index contributed by atoms with van der Waals surface area (Å²) in [6, 6.07) is 0. The second-order valence-electron chi connectivity index (χ2n) is 8.74. The molecule has 0 saturated carbocycles. The van der Waals surface area contributed by atoms with Crippen molar-refractivity contribution in [2.24, 2.45) is 17.3 Å². The zero-order valence-electron chi connectivity index (χ0n) is 15.2.